The Morgan fingerprint density at radius 3 is 2.79 bits per heavy atom. The summed E-state index contributed by atoms with van der Waals surface area (Å²) in [5, 5.41) is 12.1. The number of amidine groups is 1. The molecule has 1 aliphatic carbocycles. The van der Waals surface area contributed by atoms with Crippen LogP contribution in [0.4, 0.5) is 5.69 Å². The van der Waals surface area contributed by atoms with E-state index in [2.05, 4.69) is 29.1 Å². The van der Waals surface area contributed by atoms with Crippen molar-refractivity contribution in [3.05, 3.63) is 29.3 Å². The number of hydrogen-bond acceptors (Lipinski definition) is 3. The van der Waals surface area contributed by atoms with E-state index < -0.39 is 0 Å². The molecule has 3 N–H and O–H groups in total. The first-order valence-corrected chi connectivity index (χ1v) is 6.99. The van der Waals surface area contributed by atoms with Gasteiger partial charge in [0, 0.05) is 24.3 Å². The standard InChI is InChI=1S/C15H23N3O/c1-3-8-18(10-12-5-6-12)14-7-4-11(2)9-13(14)15(16)17-19/h4,7,9,12,19H,3,5-6,8,10H2,1-2H3,(H2,16,17). The van der Waals surface area contributed by atoms with Gasteiger partial charge < -0.3 is 15.8 Å². The molecule has 1 aromatic carbocycles. The smallest absolute Gasteiger partial charge is 0.172 e. The largest absolute Gasteiger partial charge is 0.409 e. The van der Waals surface area contributed by atoms with E-state index in [1.807, 2.05) is 13.0 Å². The Kier molecular flexibility index (Phi) is 4.30. The number of nitrogens with two attached hydrogens (primary N) is 1. The zero-order valence-corrected chi connectivity index (χ0v) is 11.8. The minimum atomic E-state index is 0.190. The van der Waals surface area contributed by atoms with Gasteiger partial charge in [0.2, 0.25) is 0 Å². The molecule has 0 spiro atoms. The van der Waals surface area contributed by atoms with Crippen molar-refractivity contribution in [2.24, 2.45) is 16.8 Å². The van der Waals surface area contributed by atoms with Gasteiger partial charge in [0.05, 0.1) is 0 Å². The number of anilines is 1. The minimum absolute atomic E-state index is 0.190. The molecular weight excluding hydrogens is 238 g/mol. The lowest BCUT2D eigenvalue weighted by Gasteiger charge is -2.26. The second-order valence-electron chi connectivity index (χ2n) is 5.40. The van der Waals surface area contributed by atoms with Gasteiger partial charge in [-0.3, -0.25) is 0 Å². The third-order valence-corrected chi connectivity index (χ3v) is 3.55. The lowest BCUT2D eigenvalue weighted by Crippen LogP contribution is -2.29. The van der Waals surface area contributed by atoms with Crippen LogP contribution in [0.1, 0.15) is 37.3 Å². The van der Waals surface area contributed by atoms with Crippen molar-refractivity contribution >= 4 is 11.5 Å². The average Bonchev–Trinajstić information content (AvgIpc) is 3.21. The van der Waals surface area contributed by atoms with Gasteiger partial charge in [-0.25, -0.2) is 0 Å². The molecule has 1 aliphatic rings. The van der Waals surface area contributed by atoms with Crippen LogP contribution < -0.4 is 10.6 Å². The molecule has 0 aromatic heterocycles. The van der Waals surface area contributed by atoms with Crippen LogP contribution in [-0.4, -0.2) is 24.1 Å². The van der Waals surface area contributed by atoms with E-state index >= 15 is 0 Å². The fourth-order valence-corrected chi connectivity index (χ4v) is 2.38. The number of rotatable bonds is 6. The molecule has 2 rings (SSSR count). The molecule has 104 valence electrons. The van der Waals surface area contributed by atoms with Crippen molar-refractivity contribution in [3.63, 3.8) is 0 Å². The fraction of sp³-hybridized carbons (Fsp3) is 0.533. The van der Waals surface area contributed by atoms with Crippen LogP contribution in [-0.2, 0) is 0 Å². The van der Waals surface area contributed by atoms with Crippen molar-refractivity contribution in [2.75, 3.05) is 18.0 Å². The zero-order chi connectivity index (χ0) is 13.8. The van der Waals surface area contributed by atoms with E-state index in [0.29, 0.717) is 0 Å². The maximum Gasteiger partial charge on any atom is 0.172 e. The summed E-state index contributed by atoms with van der Waals surface area (Å²) in [6, 6.07) is 6.15. The van der Waals surface area contributed by atoms with E-state index in [4.69, 9.17) is 10.9 Å². The Labute approximate surface area is 114 Å². The first kappa shape index (κ1) is 13.7. The SMILES string of the molecule is CCCN(CC1CC1)c1ccc(C)cc1/C(N)=N/O. The van der Waals surface area contributed by atoms with E-state index in [0.717, 1.165) is 42.2 Å². The van der Waals surface area contributed by atoms with E-state index in [9.17, 15) is 0 Å². The number of benzene rings is 1. The normalized spacial score (nSPS) is 15.6. The molecule has 0 saturated heterocycles. The predicted octanol–water partition coefficient (Wildman–Crippen LogP) is 2.72. The fourth-order valence-electron chi connectivity index (χ4n) is 2.38. The van der Waals surface area contributed by atoms with Crippen molar-refractivity contribution in [1.82, 2.24) is 0 Å². The van der Waals surface area contributed by atoms with Crippen LogP contribution in [0.15, 0.2) is 23.4 Å². The first-order chi connectivity index (χ1) is 9.15. The van der Waals surface area contributed by atoms with E-state index in [1.54, 1.807) is 0 Å². The van der Waals surface area contributed by atoms with Crippen molar-refractivity contribution < 1.29 is 5.21 Å². The second-order valence-corrected chi connectivity index (χ2v) is 5.40. The van der Waals surface area contributed by atoms with Gasteiger partial charge in [0.25, 0.3) is 0 Å². The monoisotopic (exact) mass is 261 g/mol. The molecule has 0 atom stereocenters. The number of nitrogens with zero attached hydrogens (tertiary/aromatic N) is 2. The molecule has 1 fully saturated rings. The van der Waals surface area contributed by atoms with Crippen LogP contribution in [0.25, 0.3) is 0 Å². The summed E-state index contributed by atoms with van der Waals surface area (Å²) < 4.78 is 0. The summed E-state index contributed by atoms with van der Waals surface area (Å²) in [4.78, 5) is 2.37. The Hall–Kier alpha value is -1.71. The maximum atomic E-state index is 8.95. The summed E-state index contributed by atoms with van der Waals surface area (Å²) >= 11 is 0. The Bertz CT molecular complexity index is 466. The maximum absolute atomic E-state index is 8.95. The lowest BCUT2D eigenvalue weighted by molar-refractivity contribution is 0.318. The van der Waals surface area contributed by atoms with Gasteiger partial charge in [-0.2, -0.15) is 0 Å². The van der Waals surface area contributed by atoms with Gasteiger partial charge in [-0.1, -0.05) is 23.7 Å². The molecule has 1 saturated carbocycles. The Morgan fingerprint density at radius 2 is 2.21 bits per heavy atom. The Balaban J connectivity index is 2.33. The summed E-state index contributed by atoms with van der Waals surface area (Å²) in [6.45, 7) is 6.27. The van der Waals surface area contributed by atoms with E-state index in [-0.39, 0.29) is 5.84 Å². The molecule has 19 heavy (non-hydrogen) atoms. The van der Waals surface area contributed by atoms with Crippen LogP contribution in [0.5, 0.6) is 0 Å². The third kappa shape index (κ3) is 3.40. The summed E-state index contributed by atoms with van der Waals surface area (Å²) in [7, 11) is 0. The average molecular weight is 261 g/mol. The quantitative estimate of drug-likeness (QED) is 0.358. The lowest BCUT2D eigenvalue weighted by atomic mass is 10.1. The van der Waals surface area contributed by atoms with Gasteiger partial charge in [0.15, 0.2) is 5.84 Å². The van der Waals surface area contributed by atoms with Crippen molar-refractivity contribution in [1.29, 1.82) is 0 Å². The van der Waals surface area contributed by atoms with Gasteiger partial charge in [0.1, 0.15) is 0 Å². The molecule has 0 aliphatic heterocycles. The van der Waals surface area contributed by atoms with Gasteiger partial charge in [-0.15, -0.1) is 0 Å². The third-order valence-electron chi connectivity index (χ3n) is 3.55. The molecule has 4 nitrogen and oxygen atoms in total. The van der Waals surface area contributed by atoms with Crippen LogP contribution in [0, 0.1) is 12.8 Å². The zero-order valence-electron chi connectivity index (χ0n) is 11.8. The Morgan fingerprint density at radius 1 is 1.47 bits per heavy atom. The van der Waals surface area contributed by atoms with Crippen molar-refractivity contribution in [3.8, 4) is 0 Å². The molecular formula is C15H23N3O. The molecule has 0 radical (unpaired) electrons. The highest BCUT2D eigenvalue weighted by Gasteiger charge is 2.25. The highest BCUT2D eigenvalue weighted by atomic mass is 16.4. The number of aryl methyl sites for hydroxylation is 1. The van der Waals surface area contributed by atoms with Crippen LogP contribution in [0.3, 0.4) is 0 Å². The topological polar surface area (TPSA) is 61.8 Å². The first-order valence-electron chi connectivity index (χ1n) is 6.99. The highest BCUT2D eigenvalue weighted by Crippen LogP contribution is 2.32. The molecule has 0 heterocycles. The van der Waals surface area contributed by atoms with E-state index in [1.165, 1.54) is 12.8 Å². The molecule has 4 heteroatoms. The molecule has 0 amide bonds. The van der Waals surface area contributed by atoms with Gasteiger partial charge in [-0.05, 0) is 44.2 Å². The molecule has 1 aromatic rings. The number of hydrogen-bond donors (Lipinski definition) is 2. The van der Waals surface area contributed by atoms with Gasteiger partial charge >= 0.3 is 0 Å². The molecule has 0 unspecified atom stereocenters. The summed E-state index contributed by atoms with van der Waals surface area (Å²) in [6.07, 6.45) is 3.74. The predicted molar refractivity (Wildman–Crippen MR) is 78.9 cm³/mol. The second kappa shape index (κ2) is 5.95. The number of oxime groups is 1. The molecule has 0 bridgehead atoms. The minimum Gasteiger partial charge on any atom is -0.409 e. The summed E-state index contributed by atoms with van der Waals surface area (Å²) in [5.74, 6) is 1.00. The van der Waals surface area contributed by atoms with Crippen LogP contribution >= 0.6 is 0 Å². The van der Waals surface area contributed by atoms with Crippen molar-refractivity contribution in [2.45, 2.75) is 33.1 Å². The summed E-state index contributed by atoms with van der Waals surface area (Å²) in [5.41, 5.74) is 8.84. The van der Waals surface area contributed by atoms with Crippen LogP contribution in [0.2, 0.25) is 0 Å². The highest BCUT2D eigenvalue weighted by molar-refractivity contribution is 6.02.